The summed E-state index contributed by atoms with van der Waals surface area (Å²) in [5, 5.41) is 0. The molecule has 0 N–H and O–H groups in total. The molecule has 122 valence electrons. The van der Waals surface area contributed by atoms with Crippen LogP contribution in [0.15, 0.2) is 24.3 Å². The molecule has 1 saturated heterocycles. The molecule has 1 aromatic carbocycles. The maximum Gasteiger partial charge on any atom is 0.248 e. The van der Waals surface area contributed by atoms with Gasteiger partial charge in [0, 0.05) is 31.5 Å². The molecule has 0 unspecified atom stereocenters. The molecular weight excluding hydrogens is 290 g/mol. The average Bonchev–Trinajstić information content (AvgIpc) is 2.45. The van der Waals surface area contributed by atoms with E-state index in [2.05, 4.69) is 6.58 Å². The van der Waals surface area contributed by atoms with E-state index in [1.807, 2.05) is 26.0 Å². The van der Waals surface area contributed by atoms with Crippen molar-refractivity contribution < 1.29 is 14.3 Å². The Morgan fingerprint density at radius 3 is 2.52 bits per heavy atom. The third-order valence-corrected chi connectivity index (χ3v) is 4.86. The van der Waals surface area contributed by atoms with Gasteiger partial charge in [0.05, 0.1) is 12.0 Å². The molecule has 2 heterocycles. The molecule has 0 atom stereocenters. The summed E-state index contributed by atoms with van der Waals surface area (Å²) in [6.07, 6.45) is 1.77. The molecule has 1 aromatic rings. The van der Waals surface area contributed by atoms with Crippen LogP contribution in [0.4, 0.5) is 0 Å². The van der Waals surface area contributed by atoms with Gasteiger partial charge in [-0.15, -0.1) is 0 Å². The molecular formula is C19H23NO3. The molecule has 0 radical (unpaired) electrons. The summed E-state index contributed by atoms with van der Waals surface area (Å²) < 4.78 is 6.30. The number of rotatable bonds is 1. The number of ketones is 1. The Morgan fingerprint density at radius 1 is 1.26 bits per heavy atom. The lowest BCUT2D eigenvalue weighted by Crippen LogP contribution is -2.52. The highest BCUT2D eigenvalue weighted by Crippen LogP contribution is 2.41. The lowest BCUT2D eigenvalue weighted by molar-refractivity contribution is -0.130. The maximum atomic E-state index is 12.6. The van der Waals surface area contributed by atoms with Crippen molar-refractivity contribution in [2.45, 2.75) is 45.6 Å². The maximum absolute atomic E-state index is 12.6. The van der Waals surface area contributed by atoms with Crippen LogP contribution in [-0.4, -0.2) is 35.3 Å². The van der Waals surface area contributed by atoms with Crippen LogP contribution in [0.2, 0.25) is 0 Å². The quantitative estimate of drug-likeness (QED) is 0.748. The molecule has 1 amide bonds. The first-order valence-corrected chi connectivity index (χ1v) is 8.10. The summed E-state index contributed by atoms with van der Waals surface area (Å²) in [7, 11) is 0. The van der Waals surface area contributed by atoms with E-state index in [9.17, 15) is 9.59 Å². The first-order chi connectivity index (χ1) is 10.8. The van der Waals surface area contributed by atoms with Crippen molar-refractivity contribution in [3.63, 3.8) is 0 Å². The van der Waals surface area contributed by atoms with Crippen LogP contribution in [0.1, 0.15) is 47.7 Å². The van der Waals surface area contributed by atoms with Crippen LogP contribution in [0.25, 0.3) is 0 Å². The average molecular weight is 313 g/mol. The number of hydrogen-bond donors (Lipinski definition) is 0. The van der Waals surface area contributed by atoms with Crippen molar-refractivity contribution in [3.8, 4) is 5.75 Å². The molecule has 3 rings (SSSR count). The molecule has 1 spiro atoms. The second-order valence-corrected chi connectivity index (χ2v) is 6.91. The highest BCUT2D eigenvalue weighted by atomic mass is 16.5. The van der Waals surface area contributed by atoms with Crippen molar-refractivity contribution in [3.05, 3.63) is 41.0 Å². The molecule has 0 aliphatic carbocycles. The number of hydrogen-bond acceptors (Lipinski definition) is 3. The number of carbonyl (C=O) groups excluding carboxylic acids is 2. The van der Waals surface area contributed by atoms with Crippen LogP contribution in [-0.2, 0) is 4.79 Å². The zero-order valence-electron chi connectivity index (χ0n) is 14.1. The molecule has 2 aliphatic heterocycles. The predicted octanol–water partition coefficient (Wildman–Crippen LogP) is 3.21. The van der Waals surface area contributed by atoms with Gasteiger partial charge >= 0.3 is 0 Å². The standard InChI is InChI=1S/C19H23NO3/c1-12(2)18(22)20-7-5-19(6-8-20)11-15(21)17-14(4)9-13(3)10-16(17)23-19/h9-10H,1,5-8,11H2,2-4H3. The van der Waals surface area contributed by atoms with Crippen LogP contribution in [0, 0.1) is 13.8 Å². The van der Waals surface area contributed by atoms with Crippen LogP contribution in [0.3, 0.4) is 0 Å². The molecule has 0 bridgehead atoms. The van der Waals surface area contributed by atoms with Gasteiger partial charge in [-0.3, -0.25) is 9.59 Å². The number of ether oxygens (including phenoxy) is 1. The van der Waals surface area contributed by atoms with Crippen LogP contribution in [0.5, 0.6) is 5.75 Å². The first-order valence-electron chi connectivity index (χ1n) is 8.10. The highest BCUT2D eigenvalue weighted by Gasteiger charge is 2.44. The molecule has 4 heteroatoms. The number of nitrogens with zero attached hydrogens (tertiary/aromatic N) is 1. The molecule has 4 nitrogen and oxygen atoms in total. The third kappa shape index (κ3) is 2.78. The van der Waals surface area contributed by atoms with Gasteiger partial charge in [0.2, 0.25) is 5.91 Å². The van der Waals surface area contributed by atoms with E-state index in [-0.39, 0.29) is 11.7 Å². The van der Waals surface area contributed by atoms with E-state index in [1.54, 1.807) is 11.8 Å². The van der Waals surface area contributed by atoms with E-state index < -0.39 is 5.60 Å². The van der Waals surface area contributed by atoms with Crippen molar-refractivity contribution in [1.82, 2.24) is 4.90 Å². The summed E-state index contributed by atoms with van der Waals surface area (Å²) in [4.78, 5) is 26.5. The summed E-state index contributed by atoms with van der Waals surface area (Å²) in [5.74, 6) is 0.857. The predicted molar refractivity (Wildman–Crippen MR) is 88.9 cm³/mol. The lowest BCUT2D eigenvalue weighted by atomic mass is 9.81. The SMILES string of the molecule is C=C(C)C(=O)N1CCC2(CC1)CC(=O)c1c(C)cc(C)cc1O2. The van der Waals surface area contributed by atoms with E-state index in [4.69, 9.17) is 4.74 Å². The number of benzene rings is 1. The van der Waals surface area contributed by atoms with Crippen LogP contribution >= 0.6 is 0 Å². The Kier molecular flexibility index (Phi) is 3.78. The van der Waals surface area contributed by atoms with Gasteiger partial charge in [0.15, 0.2) is 5.78 Å². The zero-order chi connectivity index (χ0) is 16.8. The number of Topliss-reactive ketones (excluding diaryl/α,β-unsaturated/α-hetero) is 1. The van der Waals surface area contributed by atoms with Crippen LogP contribution < -0.4 is 4.74 Å². The van der Waals surface area contributed by atoms with E-state index in [1.165, 1.54) is 0 Å². The molecule has 0 saturated carbocycles. The fourth-order valence-corrected chi connectivity index (χ4v) is 3.68. The second kappa shape index (κ2) is 5.52. The summed E-state index contributed by atoms with van der Waals surface area (Å²) in [6.45, 7) is 10.6. The van der Waals surface area contributed by atoms with Gasteiger partial charge in [-0.25, -0.2) is 0 Å². The van der Waals surface area contributed by atoms with Gasteiger partial charge in [-0.2, -0.15) is 0 Å². The highest BCUT2D eigenvalue weighted by molar-refractivity contribution is 6.02. The molecule has 23 heavy (non-hydrogen) atoms. The summed E-state index contributed by atoms with van der Waals surface area (Å²) in [6, 6.07) is 3.97. The van der Waals surface area contributed by atoms with Crippen molar-refractivity contribution in [2.75, 3.05) is 13.1 Å². The first kappa shape index (κ1) is 15.8. The minimum absolute atomic E-state index is 0.00549. The Balaban J connectivity index is 1.83. The van der Waals surface area contributed by atoms with Crippen molar-refractivity contribution >= 4 is 11.7 Å². The number of amides is 1. The second-order valence-electron chi connectivity index (χ2n) is 6.91. The largest absolute Gasteiger partial charge is 0.486 e. The number of piperidine rings is 1. The monoisotopic (exact) mass is 313 g/mol. The van der Waals surface area contributed by atoms with Crippen molar-refractivity contribution in [1.29, 1.82) is 0 Å². The van der Waals surface area contributed by atoms with Gasteiger partial charge in [0.1, 0.15) is 11.4 Å². The van der Waals surface area contributed by atoms with Crippen molar-refractivity contribution in [2.24, 2.45) is 0 Å². The topological polar surface area (TPSA) is 46.6 Å². The molecule has 0 aromatic heterocycles. The van der Waals surface area contributed by atoms with Gasteiger partial charge in [-0.05, 0) is 38.0 Å². The number of carbonyl (C=O) groups is 2. The fraction of sp³-hybridized carbons (Fsp3) is 0.474. The normalized spacial score (nSPS) is 19.3. The molecule has 2 aliphatic rings. The van der Waals surface area contributed by atoms with E-state index in [0.717, 1.165) is 16.7 Å². The lowest BCUT2D eigenvalue weighted by Gasteiger charge is -2.44. The van der Waals surface area contributed by atoms with Gasteiger partial charge < -0.3 is 9.64 Å². The minimum atomic E-state index is -0.462. The number of aryl methyl sites for hydroxylation is 2. The number of fused-ring (bicyclic) bond motifs is 1. The Hall–Kier alpha value is -2.10. The van der Waals surface area contributed by atoms with E-state index in [0.29, 0.717) is 43.7 Å². The zero-order valence-corrected chi connectivity index (χ0v) is 14.1. The Morgan fingerprint density at radius 2 is 1.91 bits per heavy atom. The Bertz CT molecular complexity index is 697. The number of likely N-dealkylation sites (tertiary alicyclic amines) is 1. The fourth-order valence-electron chi connectivity index (χ4n) is 3.68. The Labute approximate surface area is 137 Å². The minimum Gasteiger partial charge on any atom is -0.486 e. The summed E-state index contributed by atoms with van der Waals surface area (Å²) >= 11 is 0. The molecule has 1 fully saturated rings. The third-order valence-electron chi connectivity index (χ3n) is 4.86. The summed E-state index contributed by atoms with van der Waals surface area (Å²) in [5.41, 5.74) is 2.89. The van der Waals surface area contributed by atoms with E-state index >= 15 is 0 Å². The van der Waals surface area contributed by atoms with Gasteiger partial charge in [0.25, 0.3) is 0 Å². The van der Waals surface area contributed by atoms with Gasteiger partial charge in [-0.1, -0.05) is 12.6 Å². The smallest absolute Gasteiger partial charge is 0.248 e.